The molecule has 7 nitrogen and oxygen atoms in total. The Morgan fingerprint density at radius 1 is 1.56 bits per heavy atom. The summed E-state index contributed by atoms with van der Waals surface area (Å²) < 4.78 is 6.50. The number of nitrogens with one attached hydrogen (secondary N) is 1. The van der Waals surface area contributed by atoms with Crippen molar-refractivity contribution in [2.24, 2.45) is 0 Å². The second kappa shape index (κ2) is 5.69. The van der Waals surface area contributed by atoms with Crippen LogP contribution in [0.5, 0.6) is 0 Å². The third kappa shape index (κ3) is 3.34. The Bertz CT molecular complexity index is 536. The highest BCUT2D eigenvalue weighted by atomic mass is 32.1. The van der Waals surface area contributed by atoms with Crippen molar-refractivity contribution in [3.05, 3.63) is 23.0 Å². The summed E-state index contributed by atoms with van der Waals surface area (Å²) in [5, 5.41) is 15.6. The van der Waals surface area contributed by atoms with Gasteiger partial charge in [-0.2, -0.15) is 5.10 Å². The number of ether oxygens (including phenoxy) is 1. The topological polar surface area (TPSA) is 81.9 Å². The number of carbonyl (C=O) groups excluding carboxylic acids is 1. The molecule has 0 aromatic carbocycles. The Morgan fingerprint density at radius 2 is 2.39 bits per heavy atom. The predicted molar refractivity (Wildman–Crippen MR) is 66.2 cm³/mol. The van der Waals surface area contributed by atoms with Crippen LogP contribution in [0.4, 0.5) is 5.13 Å². The van der Waals surface area contributed by atoms with Gasteiger partial charge in [-0.05, 0) is 12.5 Å². The molecular weight excluding hydrogens is 254 g/mol. The van der Waals surface area contributed by atoms with E-state index in [1.54, 1.807) is 24.2 Å². The van der Waals surface area contributed by atoms with Crippen LogP contribution in [0.2, 0.25) is 0 Å². The molecule has 1 N–H and O–H groups in total. The predicted octanol–water partition coefficient (Wildman–Crippen LogP) is 0.828. The number of amides is 1. The highest BCUT2D eigenvalue weighted by molar-refractivity contribution is 7.15. The van der Waals surface area contributed by atoms with E-state index in [1.165, 1.54) is 11.3 Å². The lowest BCUT2D eigenvalue weighted by molar-refractivity contribution is -0.116. The molecule has 0 saturated heterocycles. The molecule has 0 fully saturated rings. The van der Waals surface area contributed by atoms with E-state index in [-0.39, 0.29) is 12.5 Å². The van der Waals surface area contributed by atoms with E-state index in [0.717, 1.165) is 10.6 Å². The molecule has 0 atom stereocenters. The van der Waals surface area contributed by atoms with Crippen LogP contribution in [0.25, 0.3) is 0 Å². The number of rotatable bonds is 5. The molecule has 1 amide bonds. The number of methoxy groups -OCH3 is 1. The van der Waals surface area contributed by atoms with Crippen LogP contribution in [-0.2, 0) is 22.7 Å². The summed E-state index contributed by atoms with van der Waals surface area (Å²) in [6, 6.07) is 0. The van der Waals surface area contributed by atoms with Crippen LogP contribution < -0.4 is 5.32 Å². The molecule has 2 heterocycles. The molecule has 18 heavy (non-hydrogen) atoms. The Labute approximate surface area is 108 Å². The fourth-order valence-corrected chi connectivity index (χ4v) is 2.07. The summed E-state index contributed by atoms with van der Waals surface area (Å²) in [4.78, 5) is 11.7. The highest BCUT2D eigenvalue weighted by Crippen LogP contribution is 2.15. The SMILES string of the molecule is COCc1nnc(NC(=O)Cn2cc(C)cn2)s1. The minimum atomic E-state index is -0.182. The van der Waals surface area contributed by atoms with E-state index in [9.17, 15) is 4.79 Å². The van der Waals surface area contributed by atoms with E-state index < -0.39 is 0 Å². The number of carbonyl (C=O) groups is 1. The largest absolute Gasteiger partial charge is 0.377 e. The summed E-state index contributed by atoms with van der Waals surface area (Å²) in [6.07, 6.45) is 3.50. The third-order valence-electron chi connectivity index (χ3n) is 2.05. The summed E-state index contributed by atoms with van der Waals surface area (Å²) in [5.41, 5.74) is 1.01. The van der Waals surface area contributed by atoms with Crippen molar-refractivity contribution in [3.8, 4) is 0 Å². The summed E-state index contributed by atoms with van der Waals surface area (Å²) in [6.45, 7) is 2.47. The van der Waals surface area contributed by atoms with E-state index in [1.807, 2.05) is 6.92 Å². The molecule has 0 aliphatic heterocycles. The monoisotopic (exact) mass is 267 g/mol. The Kier molecular flexibility index (Phi) is 4.00. The first-order valence-electron chi connectivity index (χ1n) is 5.27. The van der Waals surface area contributed by atoms with Gasteiger partial charge in [0.1, 0.15) is 18.2 Å². The van der Waals surface area contributed by atoms with Crippen molar-refractivity contribution in [2.45, 2.75) is 20.1 Å². The second-order valence-corrected chi connectivity index (χ2v) is 4.76. The minimum Gasteiger partial charge on any atom is -0.377 e. The maximum Gasteiger partial charge on any atom is 0.247 e. The normalized spacial score (nSPS) is 10.6. The van der Waals surface area contributed by atoms with Crippen molar-refractivity contribution in [2.75, 3.05) is 12.4 Å². The van der Waals surface area contributed by atoms with Gasteiger partial charge in [0.2, 0.25) is 11.0 Å². The Hall–Kier alpha value is -1.80. The number of hydrogen-bond donors (Lipinski definition) is 1. The molecule has 2 rings (SSSR count). The quantitative estimate of drug-likeness (QED) is 0.867. The van der Waals surface area contributed by atoms with Crippen LogP contribution in [0.1, 0.15) is 10.6 Å². The van der Waals surface area contributed by atoms with Crippen molar-refractivity contribution < 1.29 is 9.53 Å². The molecular formula is C10H13N5O2S. The van der Waals surface area contributed by atoms with Gasteiger partial charge in [-0.1, -0.05) is 11.3 Å². The zero-order chi connectivity index (χ0) is 13.0. The zero-order valence-corrected chi connectivity index (χ0v) is 10.9. The molecule has 0 radical (unpaired) electrons. The van der Waals surface area contributed by atoms with Gasteiger partial charge in [0.25, 0.3) is 0 Å². The average molecular weight is 267 g/mol. The minimum absolute atomic E-state index is 0.160. The standard InChI is InChI=1S/C10H13N5O2S/c1-7-3-11-15(4-7)5-8(16)12-10-14-13-9(18-10)6-17-2/h3-4H,5-6H2,1-2H3,(H,12,14,16). The van der Waals surface area contributed by atoms with Gasteiger partial charge in [-0.3, -0.25) is 14.8 Å². The molecule has 0 saturated carbocycles. The molecule has 0 aliphatic carbocycles. The lowest BCUT2D eigenvalue weighted by atomic mass is 10.4. The van der Waals surface area contributed by atoms with E-state index in [2.05, 4.69) is 20.6 Å². The fourth-order valence-electron chi connectivity index (χ4n) is 1.35. The van der Waals surface area contributed by atoms with Gasteiger partial charge in [0, 0.05) is 13.3 Å². The molecule has 2 aromatic heterocycles. The van der Waals surface area contributed by atoms with Crippen molar-refractivity contribution >= 4 is 22.4 Å². The van der Waals surface area contributed by atoms with Crippen molar-refractivity contribution in [1.29, 1.82) is 0 Å². The maximum absolute atomic E-state index is 11.7. The van der Waals surface area contributed by atoms with E-state index in [4.69, 9.17) is 4.74 Å². The van der Waals surface area contributed by atoms with Gasteiger partial charge in [0.15, 0.2) is 0 Å². The number of anilines is 1. The molecule has 96 valence electrons. The summed E-state index contributed by atoms with van der Waals surface area (Å²) in [7, 11) is 1.58. The molecule has 8 heteroatoms. The first-order valence-corrected chi connectivity index (χ1v) is 6.09. The Balaban J connectivity index is 1.90. The first kappa shape index (κ1) is 12.7. The maximum atomic E-state index is 11.7. The summed E-state index contributed by atoms with van der Waals surface area (Å²) in [5.74, 6) is -0.182. The third-order valence-corrected chi connectivity index (χ3v) is 2.86. The number of aryl methyl sites for hydroxylation is 1. The molecule has 0 unspecified atom stereocenters. The molecule has 0 aliphatic rings. The first-order chi connectivity index (χ1) is 8.67. The highest BCUT2D eigenvalue weighted by Gasteiger charge is 2.09. The lowest BCUT2D eigenvalue weighted by Gasteiger charge is -2.00. The van der Waals surface area contributed by atoms with Crippen LogP contribution in [-0.4, -0.2) is 33.0 Å². The number of nitrogens with zero attached hydrogens (tertiary/aromatic N) is 4. The number of aromatic nitrogens is 4. The fraction of sp³-hybridized carbons (Fsp3) is 0.400. The van der Waals surface area contributed by atoms with E-state index in [0.29, 0.717) is 11.7 Å². The van der Waals surface area contributed by atoms with Crippen molar-refractivity contribution in [3.63, 3.8) is 0 Å². The van der Waals surface area contributed by atoms with Gasteiger partial charge in [-0.25, -0.2) is 0 Å². The molecule has 2 aromatic rings. The van der Waals surface area contributed by atoms with Gasteiger partial charge in [0.05, 0.1) is 6.20 Å². The zero-order valence-electron chi connectivity index (χ0n) is 10.1. The summed E-state index contributed by atoms with van der Waals surface area (Å²) >= 11 is 1.29. The van der Waals surface area contributed by atoms with Gasteiger partial charge in [-0.15, -0.1) is 10.2 Å². The van der Waals surface area contributed by atoms with E-state index >= 15 is 0 Å². The van der Waals surface area contributed by atoms with Crippen LogP contribution in [0.15, 0.2) is 12.4 Å². The molecule has 0 spiro atoms. The van der Waals surface area contributed by atoms with Crippen LogP contribution >= 0.6 is 11.3 Å². The number of hydrogen-bond acceptors (Lipinski definition) is 6. The van der Waals surface area contributed by atoms with Crippen LogP contribution in [0.3, 0.4) is 0 Å². The Morgan fingerprint density at radius 3 is 3.06 bits per heavy atom. The van der Waals surface area contributed by atoms with Gasteiger partial charge >= 0.3 is 0 Å². The van der Waals surface area contributed by atoms with Gasteiger partial charge < -0.3 is 4.74 Å². The average Bonchev–Trinajstić information content (AvgIpc) is 2.89. The molecule has 0 bridgehead atoms. The van der Waals surface area contributed by atoms with Crippen molar-refractivity contribution in [1.82, 2.24) is 20.0 Å². The van der Waals surface area contributed by atoms with Crippen LogP contribution in [0, 0.1) is 6.92 Å². The lowest BCUT2D eigenvalue weighted by Crippen LogP contribution is -2.18. The smallest absolute Gasteiger partial charge is 0.247 e. The second-order valence-electron chi connectivity index (χ2n) is 3.70.